The minimum Gasteiger partial charge on any atom is -0.399 e. The van der Waals surface area contributed by atoms with Gasteiger partial charge in [-0.3, -0.25) is 0 Å². The first-order valence-electron chi connectivity index (χ1n) is 5.15. The number of nitrogens with two attached hydrogens (primary N) is 1. The molecular formula is C13H9BrN2O. The van der Waals surface area contributed by atoms with Crippen LogP contribution in [0.5, 0.6) is 0 Å². The van der Waals surface area contributed by atoms with Crippen molar-refractivity contribution in [1.29, 1.82) is 0 Å². The van der Waals surface area contributed by atoms with E-state index in [-0.39, 0.29) is 0 Å². The van der Waals surface area contributed by atoms with Gasteiger partial charge in [0.05, 0.1) is 0 Å². The summed E-state index contributed by atoms with van der Waals surface area (Å²) in [5.41, 5.74) is 8.94. The number of anilines is 1. The second-order valence-electron chi connectivity index (χ2n) is 3.80. The zero-order chi connectivity index (χ0) is 11.8. The van der Waals surface area contributed by atoms with E-state index in [9.17, 15) is 0 Å². The number of nitrogen functional groups attached to an aromatic ring is 1. The van der Waals surface area contributed by atoms with Crippen molar-refractivity contribution < 1.29 is 4.52 Å². The van der Waals surface area contributed by atoms with Gasteiger partial charge in [-0.15, -0.1) is 0 Å². The monoisotopic (exact) mass is 288 g/mol. The molecule has 0 saturated carbocycles. The van der Waals surface area contributed by atoms with Crippen LogP contribution in [-0.4, -0.2) is 5.16 Å². The Morgan fingerprint density at radius 2 is 2.00 bits per heavy atom. The summed E-state index contributed by atoms with van der Waals surface area (Å²) in [4.78, 5) is 0. The summed E-state index contributed by atoms with van der Waals surface area (Å²) >= 11 is 3.44. The molecule has 0 amide bonds. The minimum absolute atomic E-state index is 0.675. The maximum Gasteiger partial charge on any atom is 0.169 e. The summed E-state index contributed by atoms with van der Waals surface area (Å²) < 4.78 is 6.29. The maximum atomic E-state index is 5.70. The van der Waals surface area contributed by atoms with E-state index in [2.05, 4.69) is 21.1 Å². The first kappa shape index (κ1) is 10.4. The Hall–Kier alpha value is -1.81. The third-order valence-corrected chi connectivity index (χ3v) is 3.09. The lowest BCUT2D eigenvalue weighted by molar-refractivity contribution is 0.459. The third kappa shape index (κ3) is 1.80. The number of hydrogen-bond donors (Lipinski definition) is 1. The summed E-state index contributed by atoms with van der Waals surface area (Å²) in [6.45, 7) is 0. The molecule has 1 aromatic heterocycles. The zero-order valence-electron chi connectivity index (χ0n) is 8.85. The fraction of sp³-hybridized carbons (Fsp3) is 0. The molecule has 0 aliphatic carbocycles. The van der Waals surface area contributed by atoms with Crippen LogP contribution in [0.2, 0.25) is 0 Å². The molecule has 1 heterocycles. The number of nitrogens with zero attached hydrogens (tertiary/aromatic N) is 1. The van der Waals surface area contributed by atoms with Crippen molar-refractivity contribution in [3.8, 4) is 11.3 Å². The molecule has 2 N–H and O–H groups in total. The second kappa shape index (κ2) is 3.89. The average molecular weight is 289 g/mol. The van der Waals surface area contributed by atoms with Crippen molar-refractivity contribution in [1.82, 2.24) is 5.16 Å². The van der Waals surface area contributed by atoms with E-state index in [0.29, 0.717) is 11.3 Å². The van der Waals surface area contributed by atoms with Crippen molar-refractivity contribution >= 4 is 32.6 Å². The second-order valence-corrected chi connectivity index (χ2v) is 4.71. The summed E-state index contributed by atoms with van der Waals surface area (Å²) in [6, 6.07) is 13.5. The van der Waals surface area contributed by atoms with Crippen LogP contribution in [0.1, 0.15) is 0 Å². The summed E-state index contributed by atoms with van der Waals surface area (Å²) in [5, 5.41) is 5.07. The third-order valence-electron chi connectivity index (χ3n) is 2.59. The normalized spacial score (nSPS) is 10.9. The van der Waals surface area contributed by atoms with E-state index in [0.717, 1.165) is 21.1 Å². The zero-order valence-corrected chi connectivity index (χ0v) is 10.4. The lowest BCUT2D eigenvalue weighted by Gasteiger charge is -1.97. The van der Waals surface area contributed by atoms with Gasteiger partial charge >= 0.3 is 0 Å². The van der Waals surface area contributed by atoms with Crippen molar-refractivity contribution in [2.75, 3.05) is 5.73 Å². The van der Waals surface area contributed by atoms with Crippen LogP contribution in [0.3, 0.4) is 0 Å². The summed E-state index contributed by atoms with van der Waals surface area (Å²) in [7, 11) is 0. The van der Waals surface area contributed by atoms with Crippen LogP contribution in [0.25, 0.3) is 22.2 Å². The Bertz CT molecular complexity index is 691. The van der Waals surface area contributed by atoms with Gasteiger partial charge in [-0.2, -0.15) is 0 Å². The van der Waals surface area contributed by atoms with Gasteiger partial charge < -0.3 is 10.3 Å². The van der Waals surface area contributed by atoms with E-state index in [4.69, 9.17) is 10.3 Å². The molecule has 2 aromatic carbocycles. The average Bonchev–Trinajstić information content (AvgIpc) is 2.71. The molecule has 3 aromatic rings. The molecule has 0 atom stereocenters. The van der Waals surface area contributed by atoms with Crippen molar-refractivity contribution in [2.45, 2.75) is 0 Å². The van der Waals surface area contributed by atoms with Gasteiger partial charge in [-0.05, 0) is 24.3 Å². The van der Waals surface area contributed by atoms with Crippen LogP contribution in [-0.2, 0) is 0 Å². The fourth-order valence-corrected chi connectivity index (χ4v) is 2.20. The van der Waals surface area contributed by atoms with Crippen molar-refractivity contribution in [3.63, 3.8) is 0 Å². The van der Waals surface area contributed by atoms with Crippen LogP contribution in [0.4, 0.5) is 5.69 Å². The van der Waals surface area contributed by atoms with Crippen LogP contribution >= 0.6 is 15.9 Å². The summed E-state index contributed by atoms with van der Waals surface area (Å²) in [6.07, 6.45) is 0. The molecule has 3 rings (SSSR count). The lowest BCUT2D eigenvalue weighted by Crippen LogP contribution is -1.82. The van der Waals surface area contributed by atoms with E-state index < -0.39 is 0 Å². The van der Waals surface area contributed by atoms with Gasteiger partial charge in [0.15, 0.2) is 5.58 Å². The predicted molar refractivity (Wildman–Crippen MR) is 71.6 cm³/mol. The quantitative estimate of drug-likeness (QED) is 0.692. The van der Waals surface area contributed by atoms with Gasteiger partial charge in [0, 0.05) is 27.2 Å². The Labute approximate surface area is 106 Å². The van der Waals surface area contributed by atoms with E-state index in [1.54, 1.807) is 6.07 Å². The Morgan fingerprint density at radius 1 is 1.12 bits per heavy atom. The molecule has 0 spiro atoms. The highest BCUT2D eigenvalue weighted by molar-refractivity contribution is 9.10. The largest absolute Gasteiger partial charge is 0.399 e. The first-order valence-corrected chi connectivity index (χ1v) is 5.94. The Kier molecular flexibility index (Phi) is 2.37. The molecule has 0 bridgehead atoms. The number of aromatic nitrogens is 1. The number of fused-ring (bicyclic) bond motifs is 1. The summed E-state index contributed by atoms with van der Waals surface area (Å²) in [5.74, 6) is 0. The molecule has 0 aliphatic heterocycles. The van der Waals surface area contributed by atoms with E-state index in [1.165, 1.54) is 0 Å². The number of rotatable bonds is 1. The fourth-order valence-electron chi connectivity index (χ4n) is 1.80. The molecule has 17 heavy (non-hydrogen) atoms. The predicted octanol–water partition coefficient (Wildman–Crippen LogP) is 3.84. The molecule has 0 radical (unpaired) electrons. The van der Waals surface area contributed by atoms with Crippen molar-refractivity contribution in [3.05, 3.63) is 46.9 Å². The van der Waals surface area contributed by atoms with Gasteiger partial charge in [-0.1, -0.05) is 33.2 Å². The Morgan fingerprint density at radius 3 is 2.82 bits per heavy atom. The first-order chi connectivity index (χ1) is 8.24. The SMILES string of the molecule is Nc1ccc2c(-c3cccc(Br)c3)noc2c1. The Balaban J connectivity index is 2.24. The van der Waals surface area contributed by atoms with Crippen LogP contribution < -0.4 is 5.73 Å². The number of benzene rings is 2. The highest BCUT2D eigenvalue weighted by Crippen LogP contribution is 2.30. The molecule has 0 aliphatic rings. The molecule has 0 fully saturated rings. The maximum absolute atomic E-state index is 5.70. The molecule has 3 nitrogen and oxygen atoms in total. The lowest BCUT2D eigenvalue weighted by atomic mass is 10.1. The molecule has 4 heteroatoms. The van der Waals surface area contributed by atoms with E-state index in [1.807, 2.05) is 36.4 Å². The molecule has 0 saturated heterocycles. The molecule has 0 unspecified atom stereocenters. The van der Waals surface area contributed by atoms with Crippen LogP contribution in [0.15, 0.2) is 51.5 Å². The van der Waals surface area contributed by atoms with E-state index >= 15 is 0 Å². The number of hydrogen-bond acceptors (Lipinski definition) is 3. The van der Waals surface area contributed by atoms with Gasteiger partial charge in [0.25, 0.3) is 0 Å². The van der Waals surface area contributed by atoms with Gasteiger partial charge in [-0.25, -0.2) is 0 Å². The van der Waals surface area contributed by atoms with Crippen molar-refractivity contribution in [2.24, 2.45) is 0 Å². The smallest absolute Gasteiger partial charge is 0.169 e. The number of halogens is 1. The van der Waals surface area contributed by atoms with Crippen LogP contribution in [0, 0.1) is 0 Å². The standard InChI is InChI=1S/C13H9BrN2O/c14-9-3-1-2-8(6-9)13-11-5-4-10(15)7-12(11)17-16-13/h1-7H,15H2. The molecule has 84 valence electrons. The van der Waals surface area contributed by atoms with Gasteiger partial charge in [0.1, 0.15) is 5.69 Å². The molecular weight excluding hydrogens is 280 g/mol. The topological polar surface area (TPSA) is 52.0 Å². The highest BCUT2D eigenvalue weighted by atomic mass is 79.9. The highest BCUT2D eigenvalue weighted by Gasteiger charge is 2.10. The minimum atomic E-state index is 0.675. The van der Waals surface area contributed by atoms with Gasteiger partial charge in [0.2, 0.25) is 0 Å².